The van der Waals surface area contributed by atoms with Gasteiger partial charge in [-0.1, -0.05) is 0 Å². The molecule has 1 N–H and O–H groups in total. The van der Waals surface area contributed by atoms with E-state index in [9.17, 15) is 4.79 Å². The molecule has 0 spiro atoms. The molecule has 4 heteroatoms. The highest BCUT2D eigenvalue weighted by Gasteiger charge is 2.30. The van der Waals surface area contributed by atoms with E-state index < -0.39 is 0 Å². The minimum Gasteiger partial charge on any atom is -0.381 e. The van der Waals surface area contributed by atoms with Crippen LogP contribution in [0.25, 0.3) is 0 Å². The number of nitrogens with one attached hydrogen (secondary N) is 1. The second-order valence-corrected chi connectivity index (χ2v) is 5.15. The Balaban J connectivity index is 1.85. The zero-order valence-corrected chi connectivity index (χ0v) is 10.1. The molecular weight excluding hydrogens is 204 g/mol. The Hall–Kier alpha value is -0.770. The molecule has 2 aliphatic heterocycles. The van der Waals surface area contributed by atoms with Gasteiger partial charge in [0, 0.05) is 31.8 Å². The molecular formula is C12H22N2O2. The van der Waals surface area contributed by atoms with E-state index >= 15 is 0 Å². The van der Waals surface area contributed by atoms with Gasteiger partial charge in [0.1, 0.15) is 0 Å². The molecule has 2 aliphatic rings. The Kier molecular flexibility index (Phi) is 3.69. The number of amides is 2. The molecule has 0 atom stereocenters. The smallest absolute Gasteiger partial charge is 0.317 e. The topological polar surface area (TPSA) is 41.6 Å². The van der Waals surface area contributed by atoms with E-state index in [1.807, 2.05) is 4.90 Å². The number of likely N-dealkylation sites (tertiary alicyclic amines) is 1. The molecule has 2 fully saturated rings. The normalized spacial score (nSPS) is 25.2. The van der Waals surface area contributed by atoms with Crippen LogP contribution in [0, 0.1) is 0 Å². The van der Waals surface area contributed by atoms with Crippen molar-refractivity contribution >= 4 is 6.03 Å². The van der Waals surface area contributed by atoms with Crippen LogP contribution in [0.2, 0.25) is 0 Å². The van der Waals surface area contributed by atoms with Gasteiger partial charge in [-0.05, 0) is 39.0 Å². The molecule has 0 unspecified atom stereocenters. The molecule has 2 rings (SSSR count). The van der Waals surface area contributed by atoms with Crippen molar-refractivity contribution < 1.29 is 9.53 Å². The average Bonchev–Trinajstić information content (AvgIpc) is 2.30. The highest BCUT2D eigenvalue weighted by atomic mass is 16.5. The molecule has 16 heavy (non-hydrogen) atoms. The van der Waals surface area contributed by atoms with Gasteiger partial charge in [0.25, 0.3) is 0 Å². The van der Waals surface area contributed by atoms with Crippen molar-refractivity contribution in [2.75, 3.05) is 26.3 Å². The van der Waals surface area contributed by atoms with Crippen LogP contribution >= 0.6 is 0 Å². The van der Waals surface area contributed by atoms with Crippen LogP contribution in [-0.2, 0) is 4.74 Å². The first-order valence-electron chi connectivity index (χ1n) is 6.34. The van der Waals surface area contributed by atoms with Crippen molar-refractivity contribution in [1.29, 1.82) is 0 Å². The standard InChI is InChI=1S/C12H22N2O2/c1-12(5-9-16-10-6-12)13-11(15)14-7-3-2-4-8-14/h2-10H2,1H3,(H,13,15). The molecule has 0 bridgehead atoms. The van der Waals surface area contributed by atoms with Gasteiger partial charge in [0.2, 0.25) is 0 Å². The number of ether oxygens (including phenoxy) is 1. The van der Waals surface area contributed by atoms with E-state index in [4.69, 9.17) is 4.74 Å². The second-order valence-electron chi connectivity index (χ2n) is 5.15. The first-order chi connectivity index (χ1) is 7.70. The SMILES string of the molecule is CC1(NC(=O)N2CCCCC2)CCOCC1. The summed E-state index contributed by atoms with van der Waals surface area (Å²) in [5.74, 6) is 0. The molecule has 4 nitrogen and oxygen atoms in total. The lowest BCUT2D eigenvalue weighted by Gasteiger charge is -2.37. The summed E-state index contributed by atoms with van der Waals surface area (Å²) in [5, 5.41) is 3.17. The number of urea groups is 1. The van der Waals surface area contributed by atoms with E-state index in [0.29, 0.717) is 0 Å². The van der Waals surface area contributed by atoms with Crippen molar-refractivity contribution in [3.63, 3.8) is 0 Å². The largest absolute Gasteiger partial charge is 0.381 e. The lowest BCUT2D eigenvalue weighted by molar-refractivity contribution is 0.0463. The summed E-state index contributed by atoms with van der Waals surface area (Å²) in [5.41, 5.74) is -0.0627. The third kappa shape index (κ3) is 2.88. The summed E-state index contributed by atoms with van der Waals surface area (Å²) in [4.78, 5) is 14.0. The third-order valence-electron chi connectivity index (χ3n) is 3.65. The Bertz CT molecular complexity index is 243. The number of rotatable bonds is 1. The molecule has 0 aromatic heterocycles. The predicted molar refractivity (Wildman–Crippen MR) is 62.4 cm³/mol. The molecule has 2 heterocycles. The first-order valence-corrected chi connectivity index (χ1v) is 6.34. The van der Waals surface area contributed by atoms with Crippen LogP contribution in [0.5, 0.6) is 0 Å². The molecule has 0 aromatic rings. The van der Waals surface area contributed by atoms with Crippen LogP contribution < -0.4 is 5.32 Å². The van der Waals surface area contributed by atoms with Crippen molar-refractivity contribution in [2.45, 2.75) is 44.6 Å². The Morgan fingerprint density at radius 3 is 2.44 bits per heavy atom. The van der Waals surface area contributed by atoms with Gasteiger partial charge in [-0.15, -0.1) is 0 Å². The zero-order valence-electron chi connectivity index (χ0n) is 10.1. The highest BCUT2D eigenvalue weighted by Crippen LogP contribution is 2.20. The minimum atomic E-state index is -0.0627. The van der Waals surface area contributed by atoms with Gasteiger partial charge in [0.15, 0.2) is 0 Å². The van der Waals surface area contributed by atoms with E-state index in [0.717, 1.165) is 52.0 Å². The second kappa shape index (κ2) is 5.04. The lowest BCUT2D eigenvalue weighted by atomic mass is 9.93. The summed E-state index contributed by atoms with van der Waals surface area (Å²) in [6, 6.07) is 0.115. The maximum atomic E-state index is 12.0. The van der Waals surface area contributed by atoms with Crippen molar-refractivity contribution in [3.8, 4) is 0 Å². The van der Waals surface area contributed by atoms with Crippen LogP contribution in [0.4, 0.5) is 4.79 Å². The Morgan fingerprint density at radius 2 is 1.81 bits per heavy atom. The van der Waals surface area contributed by atoms with Crippen LogP contribution in [0.1, 0.15) is 39.0 Å². The molecule has 92 valence electrons. The summed E-state index contributed by atoms with van der Waals surface area (Å²) in [6.07, 6.45) is 5.40. The number of hydrogen-bond acceptors (Lipinski definition) is 2. The van der Waals surface area contributed by atoms with Crippen molar-refractivity contribution in [2.24, 2.45) is 0 Å². The van der Waals surface area contributed by atoms with Crippen molar-refractivity contribution in [3.05, 3.63) is 0 Å². The fraction of sp³-hybridized carbons (Fsp3) is 0.917. The van der Waals surface area contributed by atoms with Gasteiger partial charge < -0.3 is 15.0 Å². The molecule has 2 amide bonds. The van der Waals surface area contributed by atoms with Gasteiger partial charge in [-0.2, -0.15) is 0 Å². The molecule has 0 aromatic carbocycles. The van der Waals surface area contributed by atoms with Crippen LogP contribution in [0.3, 0.4) is 0 Å². The quantitative estimate of drug-likeness (QED) is 0.740. The Morgan fingerprint density at radius 1 is 1.19 bits per heavy atom. The van der Waals surface area contributed by atoms with Gasteiger partial charge in [-0.3, -0.25) is 0 Å². The number of hydrogen-bond donors (Lipinski definition) is 1. The van der Waals surface area contributed by atoms with Crippen molar-refractivity contribution in [1.82, 2.24) is 10.2 Å². The zero-order chi connectivity index (χ0) is 11.4. The fourth-order valence-electron chi connectivity index (χ4n) is 2.38. The molecule has 0 radical (unpaired) electrons. The van der Waals surface area contributed by atoms with Gasteiger partial charge in [0.05, 0.1) is 0 Å². The lowest BCUT2D eigenvalue weighted by Crippen LogP contribution is -2.54. The summed E-state index contributed by atoms with van der Waals surface area (Å²) < 4.78 is 5.33. The maximum absolute atomic E-state index is 12.0. The molecule has 0 aliphatic carbocycles. The predicted octanol–water partition coefficient (Wildman–Crippen LogP) is 1.75. The van der Waals surface area contributed by atoms with Crippen LogP contribution in [0.15, 0.2) is 0 Å². The van der Waals surface area contributed by atoms with E-state index in [2.05, 4.69) is 12.2 Å². The average molecular weight is 226 g/mol. The Labute approximate surface area is 97.3 Å². The molecule has 0 saturated carbocycles. The first kappa shape index (κ1) is 11.7. The fourth-order valence-corrected chi connectivity index (χ4v) is 2.38. The highest BCUT2D eigenvalue weighted by molar-refractivity contribution is 5.75. The maximum Gasteiger partial charge on any atom is 0.317 e. The van der Waals surface area contributed by atoms with E-state index in [1.165, 1.54) is 6.42 Å². The van der Waals surface area contributed by atoms with Gasteiger partial charge >= 0.3 is 6.03 Å². The third-order valence-corrected chi connectivity index (χ3v) is 3.65. The summed E-state index contributed by atoms with van der Waals surface area (Å²) >= 11 is 0. The molecule has 2 saturated heterocycles. The van der Waals surface area contributed by atoms with E-state index in [1.54, 1.807) is 0 Å². The van der Waals surface area contributed by atoms with Gasteiger partial charge in [-0.25, -0.2) is 4.79 Å². The van der Waals surface area contributed by atoms with E-state index in [-0.39, 0.29) is 11.6 Å². The number of piperidine rings is 1. The summed E-state index contributed by atoms with van der Waals surface area (Å²) in [7, 11) is 0. The number of carbonyl (C=O) groups is 1. The number of carbonyl (C=O) groups excluding carboxylic acids is 1. The summed E-state index contributed by atoms with van der Waals surface area (Å²) in [6.45, 7) is 5.47. The minimum absolute atomic E-state index is 0.0627. The number of nitrogens with zero attached hydrogens (tertiary/aromatic N) is 1. The monoisotopic (exact) mass is 226 g/mol. The van der Waals surface area contributed by atoms with Crippen LogP contribution in [-0.4, -0.2) is 42.8 Å².